The Bertz CT molecular complexity index is 436. The van der Waals surface area contributed by atoms with Gasteiger partial charge in [0.15, 0.2) is 6.04 Å². The number of rotatable bonds is 4. The number of hydrogen-bond acceptors (Lipinski definition) is 2. The van der Waals surface area contributed by atoms with Crippen molar-refractivity contribution in [3.8, 4) is 0 Å². The van der Waals surface area contributed by atoms with Crippen LogP contribution in [0, 0.1) is 11.7 Å². The highest BCUT2D eigenvalue weighted by Gasteiger charge is 2.42. The second-order valence-electron chi connectivity index (χ2n) is 4.17. The van der Waals surface area contributed by atoms with Crippen LogP contribution in [0.3, 0.4) is 0 Å². The van der Waals surface area contributed by atoms with Crippen molar-refractivity contribution in [2.24, 2.45) is 11.7 Å². The van der Waals surface area contributed by atoms with Gasteiger partial charge in [-0.05, 0) is 17.7 Å². The predicted molar refractivity (Wildman–Crippen MR) is 68.8 cm³/mol. The molecule has 3 N–H and O–H groups in total. The highest BCUT2D eigenvalue weighted by molar-refractivity contribution is 5.85. The quantitative estimate of drug-likeness (QED) is 0.839. The van der Waals surface area contributed by atoms with Gasteiger partial charge in [-0.1, -0.05) is 19.1 Å². The van der Waals surface area contributed by atoms with Gasteiger partial charge in [-0.3, -0.25) is 4.79 Å². The highest BCUT2D eigenvalue weighted by atomic mass is 35.5. The number of hydrogen-bond donors (Lipinski definition) is 2. The largest absolute Gasteiger partial charge is 0.412 e. The van der Waals surface area contributed by atoms with Crippen LogP contribution in [0.5, 0.6) is 0 Å². The van der Waals surface area contributed by atoms with E-state index in [4.69, 9.17) is 5.73 Å². The fourth-order valence-electron chi connectivity index (χ4n) is 1.40. The molecule has 3 nitrogen and oxygen atoms in total. The third-order valence-corrected chi connectivity index (χ3v) is 2.62. The fourth-order valence-corrected chi connectivity index (χ4v) is 1.40. The Hall–Kier alpha value is -1.34. The molecule has 8 heteroatoms. The maximum absolute atomic E-state index is 12.9. The summed E-state index contributed by atoms with van der Waals surface area (Å²) in [6.07, 6.45) is -4.66. The average Bonchev–Trinajstić information content (AvgIpc) is 2.34. The zero-order valence-corrected chi connectivity index (χ0v) is 11.4. The summed E-state index contributed by atoms with van der Waals surface area (Å²) < 4.78 is 51.4. The van der Waals surface area contributed by atoms with Crippen LogP contribution < -0.4 is 11.1 Å². The maximum Gasteiger partial charge on any atom is 0.412 e. The van der Waals surface area contributed by atoms with Crippen LogP contribution >= 0.6 is 12.4 Å². The van der Waals surface area contributed by atoms with Crippen LogP contribution in [0.4, 0.5) is 17.6 Å². The number of amides is 1. The first-order valence-corrected chi connectivity index (χ1v) is 5.58. The molecule has 0 saturated heterocycles. The highest BCUT2D eigenvalue weighted by Crippen LogP contribution is 2.32. The van der Waals surface area contributed by atoms with E-state index in [0.29, 0.717) is 0 Å². The SMILES string of the molecule is CC(CN)C(=O)NC(c1ccc(F)cc1)C(F)(F)F.Cl. The lowest BCUT2D eigenvalue weighted by Crippen LogP contribution is -2.42. The molecule has 0 aliphatic heterocycles. The van der Waals surface area contributed by atoms with E-state index in [0.717, 1.165) is 24.3 Å². The van der Waals surface area contributed by atoms with Crippen molar-refractivity contribution in [3.05, 3.63) is 35.6 Å². The van der Waals surface area contributed by atoms with Crippen molar-refractivity contribution in [1.82, 2.24) is 5.32 Å². The zero-order valence-electron chi connectivity index (χ0n) is 10.6. The summed E-state index contributed by atoms with van der Waals surface area (Å²) in [5.74, 6) is -2.18. The molecular weight excluding hydrogens is 300 g/mol. The number of alkyl halides is 3. The van der Waals surface area contributed by atoms with E-state index in [2.05, 4.69) is 0 Å². The maximum atomic E-state index is 12.9. The molecule has 1 aromatic rings. The van der Waals surface area contributed by atoms with E-state index in [9.17, 15) is 22.4 Å². The summed E-state index contributed by atoms with van der Waals surface area (Å²) in [6.45, 7) is 1.37. The van der Waals surface area contributed by atoms with E-state index in [1.165, 1.54) is 6.92 Å². The first kappa shape index (κ1) is 18.7. The molecule has 114 valence electrons. The lowest BCUT2D eigenvalue weighted by atomic mass is 10.0. The molecular formula is C12H15ClF4N2O. The Morgan fingerprint density at radius 2 is 1.80 bits per heavy atom. The molecule has 0 aliphatic rings. The van der Waals surface area contributed by atoms with Crippen LogP contribution in [-0.4, -0.2) is 18.6 Å². The number of carbonyl (C=O) groups is 1. The lowest BCUT2D eigenvalue weighted by Gasteiger charge is -2.23. The first-order chi connectivity index (χ1) is 8.75. The van der Waals surface area contributed by atoms with E-state index >= 15 is 0 Å². The lowest BCUT2D eigenvalue weighted by molar-refractivity contribution is -0.164. The minimum Gasteiger partial charge on any atom is -0.341 e. The Morgan fingerprint density at radius 1 is 1.30 bits per heavy atom. The molecule has 0 heterocycles. The Labute approximate surface area is 119 Å². The summed E-state index contributed by atoms with van der Waals surface area (Å²) in [5, 5.41) is 1.88. The normalized spacial score (nSPS) is 14.1. The van der Waals surface area contributed by atoms with Gasteiger partial charge in [0.2, 0.25) is 5.91 Å². The van der Waals surface area contributed by atoms with Crippen molar-refractivity contribution < 1.29 is 22.4 Å². The van der Waals surface area contributed by atoms with Crippen LogP contribution in [0.1, 0.15) is 18.5 Å². The first-order valence-electron chi connectivity index (χ1n) is 5.58. The van der Waals surface area contributed by atoms with Gasteiger partial charge >= 0.3 is 6.18 Å². The number of benzene rings is 1. The van der Waals surface area contributed by atoms with Gasteiger partial charge in [0, 0.05) is 12.5 Å². The molecule has 1 amide bonds. The Balaban J connectivity index is 0.00000361. The average molecular weight is 315 g/mol. The van der Waals surface area contributed by atoms with Gasteiger partial charge in [-0.25, -0.2) is 4.39 Å². The minimum absolute atomic E-state index is 0. The Kier molecular flexibility index (Phi) is 6.95. The van der Waals surface area contributed by atoms with Gasteiger partial charge in [-0.15, -0.1) is 12.4 Å². The molecule has 0 radical (unpaired) electrons. The minimum atomic E-state index is -4.66. The van der Waals surface area contributed by atoms with Gasteiger partial charge in [0.25, 0.3) is 0 Å². The summed E-state index contributed by atoms with van der Waals surface area (Å²) in [6, 6.07) is 1.62. The van der Waals surface area contributed by atoms with Crippen molar-refractivity contribution in [1.29, 1.82) is 0 Å². The molecule has 2 atom stereocenters. The second kappa shape index (κ2) is 7.44. The van der Waals surface area contributed by atoms with E-state index < -0.39 is 29.9 Å². The number of nitrogens with two attached hydrogens (primary N) is 1. The summed E-state index contributed by atoms with van der Waals surface area (Å²) in [4.78, 5) is 11.5. The van der Waals surface area contributed by atoms with Crippen LogP contribution in [0.25, 0.3) is 0 Å². The molecule has 0 fully saturated rings. The Morgan fingerprint density at radius 3 is 2.20 bits per heavy atom. The molecule has 0 saturated carbocycles. The van der Waals surface area contributed by atoms with Crippen molar-refractivity contribution in [2.45, 2.75) is 19.1 Å². The van der Waals surface area contributed by atoms with Crippen LogP contribution in [0.15, 0.2) is 24.3 Å². The zero-order chi connectivity index (χ0) is 14.6. The van der Waals surface area contributed by atoms with Gasteiger partial charge in [-0.2, -0.15) is 13.2 Å². The van der Waals surface area contributed by atoms with Crippen molar-refractivity contribution in [3.63, 3.8) is 0 Å². The third-order valence-electron chi connectivity index (χ3n) is 2.62. The predicted octanol–water partition coefficient (Wildman–Crippen LogP) is 2.56. The molecule has 0 bridgehead atoms. The van der Waals surface area contributed by atoms with Gasteiger partial charge in [0.05, 0.1) is 0 Å². The molecule has 20 heavy (non-hydrogen) atoms. The number of halogens is 5. The van der Waals surface area contributed by atoms with E-state index in [-0.39, 0.29) is 24.5 Å². The summed E-state index contributed by atoms with van der Waals surface area (Å²) >= 11 is 0. The smallest absolute Gasteiger partial charge is 0.341 e. The molecule has 0 spiro atoms. The molecule has 0 aromatic heterocycles. The topological polar surface area (TPSA) is 55.1 Å². The third kappa shape index (κ3) is 4.97. The van der Waals surface area contributed by atoms with Gasteiger partial charge < -0.3 is 11.1 Å². The molecule has 1 rings (SSSR count). The summed E-state index contributed by atoms with van der Waals surface area (Å²) in [5.41, 5.74) is 4.99. The number of nitrogens with one attached hydrogen (secondary N) is 1. The van der Waals surface area contributed by atoms with Crippen LogP contribution in [0.2, 0.25) is 0 Å². The van der Waals surface area contributed by atoms with Gasteiger partial charge in [0.1, 0.15) is 5.82 Å². The molecule has 0 aliphatic carbocycles. The summed E-state index contributed by atoms with van der Waals surface area (Å²) in [7, 11) is 0. The van der Waals surface area contributed by atoms with Crippen molar-refractivity contribution in [2.75, 3.05) is 6.54 Å². The van der Waals surface area contributed by atoms with Crippen LogP contribution in [-0.2, 0) is 4.79 Å². The van der Waals surface area contributed by atoms with E-state index in [1.807, 2.05) is 5.32 Å². The fraction of sp³-hybridized carbons (Fsp3) is 0.417. The van der Waals surface area contributed by atoms with Crippen molar-refractivity contribution >= 4 is 18.3 Å². The number of carbonyl (C=O) groups excluding carboxylic acids is 1. The molecule has 2 unspecified atom stereocenters. The standard InChI is InChI=1S/C12H14F4N2O.ClH/c1-7(6-17)11(19)18-10(12(14,15)16)8-2-4-9(13)5-3-8;/h2-5,7,10H,6,17H2,1H3,(H,18,19);1H. The molecule has 1 aromatic carbocycles. The van der Waals surface area contributed by atoms with E-state index in [1.54, 1.807) is 0 Å². The second-order valence-corrected chi connectivity index (χ2v) is 4.17. The monoisotopic (exact) mass is 314 g/mol.